The molecule has 0 aliphatic heterocycles. The van der Waals surface area contributed by atoms with Crippen molar-refractivity contribution in [1.29, 1.82) is 0 Å². The Morgan fingerprint density at radius 2 is 2.24 bits per heavy atom. The van der Waals surface area contributed by atoms with Gasteiger partial charge in [-0.2, -0.15) is 5.10 Å². The highest BCUT2D eigenvalue weighted by Crippen LogP contribution is 2.25. The number of aryl methyl sites for hydroxylation is 2. The summed E-state index contributed by atoms with van der Waals surface area (Å²) >= 11 is 0. The molecule has 0 saturated heterocycles. The molecule has 0 aromatic carbocycles. The van der Waals surface area contributed by atoms with Crippen molar-refractivity contribution in [2.45, 2.75) is 45.1 Å². The van der Waals surface area contributed by atoms with Gasteiger partial charge in [-0.15, -0.1) is 0 Å². The van der Waals surface area contributed by atoms with Gasteiger partial charge in [-0.05, 0) is 19.3 Å². The molecule has 1 aliphatic carbocycles. The number of anilines is 1. The van der Waals surface area contributed by atoms with Crippen molar-refractivity contribution < 1.29 is 9.90 Å². The number of hydrogen-bond donors (Lipinski definition) is 2. The average Bonchev–Trinajstić information content (AvgIpc) is 2.81. The van der Waals surface area contributed by atoms with Crippen LogP contribution in [-0.2, 0) is 13.5 Å². The predicted molar refractivity (Wildman–Crippen MR) is 82.2 cm³/mol. The van der Waals surface area contributed by atoms with Crippen LogP contribution >= 0.6 is 0 Å². The first-order valence-electron chi connectivity index (χ1n) is 7.74. The van der Waals surface area contributed by atoms with Crippen LogP contribution in [0.15, 0.2) is 6.20 Å². The zero-order chi connectivity index (χ0) is 15.4. The quantitative estimate of drug-likeness (QED) is 0.892. The van der Waals surface area contributed by atoms with Gasteiger partial charge in [0.15, 0.2) is 0 Å². The molecule has 21 heavy (non-hydrogen) atoms. The Hall–Kier alpha value is -1.56. The number of aliphatic hydroxyl groups excluding tert-OH is 1. The van der Waals surface area contributed by atoms with Gasteiger partial charge in [-0.3, -0.25) is 4.68 Å². The van der Waals surface area contributed by atoms with Gasteiger partial charge in [0.25, 0.3) is 0 Å². The number of aromatic nitrogens is 2. The van der Waals surface area contributed by atoms with Gasteiger partial charge in [0, 0.05) is 32.8 Å². The molecule has 0 spiro atoms. The lowest BCUT2D eigenvalue weighted by atomic mass is 9.86. The summed E-state index contributed by atoms with van der Waals surface area (Å²) in [4.78, 5) is 13.9. The molecule has 2 rings (SSSR count). The van der Waals surface area contributed by atoms with Crippen molar-refractivity contribution in [3.05, 3.63) is 11.9 Å². The molecule has 1 aliphatic rings. The van der Waals surface area contributed by atoms with Crippen LogP contribution in [0.5, 0.6) is 0 Å². The maximum absolute atomic E-state index is 12.3. The third kappa shape index (κ3) is 3.97. The lowest BCUT2D eigenvalue weighted by molar-refractivity contribution is 0.0575. The second kappa shape index (κ2) is 6.93. The van der Waals surface area contributed by atoms with Crippen LogP contribution in [-0.4, -0.2) is 45.5 Å². The van der Waals surface area contributed by atoms with Crippen molar-refractivity contribution in [3.8, 4) is 0 Å². The highest BCUT2D eigenvalue weighted by molar-refractivity contribution is 5.89. The van der Waals surface area contributed by atoms with Crippen LogP contribution in [0.2, 0.25) is 0 Å². The van der Waals surface area contributed by atoms with E-state index in [1.54, 1.807) is 16.6 Å². The molecule has 6 nitrogen and oxygen atoms in total. The zero-order valence-corrected chi connectivity index (χ0v) is 13.2. The molecular weight excluding hydrogens is 268 g/mol. The molecule has 1 heterocycles. The van der Waals surface area contributed by atoms with E-state index in [1.165, 1.54) is 0 Å². The maximum Gasteiger partial charge on any atom is 0.321 e. The second-order valence-electron chi connectivity index (χ2n) is 5.94. The molecular formula is C15H26N4O2. The van der Waals surface area contributed by atoms with E-state index in [0.717, 1.165) is 43.5 Å². The standard InChI is InChI=1S/C15H26N4O2/c1-4-12-13(10-19(3)17-12)16-15(21)18(2)9-11-7-5-6-8-14(11)20/h10-11,14,20H,4-9H2,1-3H3,(H,16,21)/t11-,14+/m0/s1. The number of nitrogens with zero attached hydrogens (tertiary/aromatic N) is 3. The number of urea groups is 1. The fourth-order valence-corrected chi connectivity index (χ4v) is 2.95. The van der Waals surface area contributed by atoms with Gasteiger partial charge < -0.3 is 15.3 Å². The molecule has 1 fully saturated rings. The monoisotopic (exact) mass is 294 g/mol. The lowest BCUT2D eigenvalue weighted by Gasteiger charge is -2.31. The predicted octanol–water partition coefficient (Wildman–Crippen LogP) is 2.00. The SMILES string of the molecule is CCc1nn(C)cc1NC(=O)N(C)C[C@@H]1CCCC[C@H]1O. The molecule has 1 aromatic rings. The Morgan fingerprint density at radius 1 is 1.52 bits per heavy atom. The first-order valence-corrected chi connectivity index (χ1v) is 7.74. The first-order chi connectivity index (χ1) is 10.0. The van der Waals surface area contributed by atoms with E-state index < -0.39 is 0 Å². The molecule has 118 valence electrons. The van der Waals surface area contributed by atoms with Crippen molar-refractivity contribution in [1.82, 2.24) is 14.7 Å². The molecule has 0 radical (unpaired) electrons. The number of carbonyl (C=O) groups is 1. The van der Waals surface area contributed by atoms with E-state index in [0.29, 0.717) is 6.54 Å². The number of rotatable bonds is 4. The van der Waals surface area contributed by atoms with Crippen LogP contribution < -0.4 is 5.32 Å². The molecule has 1 aromatic heterocycles. The third-order valence-electron chi connectivity index (χ3n) is 4.21. The first kappa shape index (κ1) is 15.8. The Balaban J connectivity index is 1.92. The summed E-state index contributed by atoms with van der Waals surface area (Å²) in [5, 5.41) is 17.2. The summed E-state index contributed by atoms with van der Waals surface area (Å²) in [6, 6.07) is -0.143. The molecule has 2 atom stereocenters. The Bertz CT molecular complexity index is 486. The van der Waals surface area contributed by atoms with Crippen LogP contribution in [0.25, 0.3) is 0 Å². The van der Waals surface area contributed by atoms with Crippen molar-refractivity contribution in [2.75, 3.05) is 18.9 Å². The van der Waals surface area contributed by atoms with Gasteiger partial charge in [-0.25, -0.2) is 4.79 Å². The highest BCUT2D eigenvalue weighted by atomic mass is 16.3. The van der Waals surface area contributed by atoms with E-state index in [2.05, 4.69) is 10.4 Å². The Morgan fingerprint density at radius 3 is 2.90 bits per heavy atom. The van der Waals surface area contributed by atoms with E-state index in [9.17, 15) is 9.90 Å². The highest BCUT2D eigenvalue weighted by Gasteiger charge is 2.25. The zero-order valence-electron chi connectivity index (χ0n) is 13.2. The fourth-order valence-electron chi connectivity index (χ4n) is 2.95. The smallest absolute Gasteiger partial charge is 0.321 e. The topological polar surface area (TPSA) is 70.4 Å². The van der Waals surface area contributed by atoms with Crippen LogP contribution in [0.4, 0.5) is 10.5 Å². The van der Waals surface area contributed by atoms with Crippen molar-refractivity contribution >= 4 is 11.7 Å². The van der Waals surface area contributed by atoms with Crippen LogP contribution in [0.1, 0.15) is 38.3 Å². The minimum atomic E-state index is -0.279. The summed E-state index contributed by atoms with van der Waals surface area (Å²) in [6.45, 7) is 2.61. The molecule has 0 unspecified atom stereocenters. The fraction of sp³-hybridized carbons (Fsp3) is 0.733. The number of amides is 2. The maximum atomic E-state index is 12.3. The van der Waals surface area contributed by atoms with Crippen molar-refractivity contribution in [2.24, 2.45) is 13.0 Å². The van der Waals surface area contributed by atoms with Crippen LogP contribution in [0.3, 0.4) is 0 Å². The molecule has 2 N–H and O–H groups in total. The Kier molecular flexibility index (Phi) is 5.22. The summed E-state index contributed by atoms with van der Waals surface area (Å²) in [5.41, 5.74) is 1.65. The summed E-state index contributed by atoms with van der Waals surface area (Å²) in [5.74, 6) is 0.189. The van der Waals surface area contributed by atoms with Gasteiger partial charge in [0.1, 0.15) is 0 Å². The number of nitrogens with one attached hydrogen (secondary N) is 1. The summed E-state index contributed by atoms with van der Waals surface area (Å²) in [7, 11) is 3.62. The van der Waals surface area contributed by atoms with Crippen molar-refractivity contribution in [3.63, 3.8) is 0 Å². The average molecular weight is 294 g/mol. The molecule has 6 heteroatoms. The summed E-state index contributed by atoms with van der Waals surface area (Å²) in [6.07, 6.45) is 6.39. The Labute approximate surface area is 126 Å². The van der Waals surface area contributed by atoms with E-state index in [4.69, 9.17) is 0 Å². The third-order valence-corrected chi connectivity index (χ3v) is 4.21. The molecule has 0 bridgehead atoms. The minimum absolute atomic E-state index is 0.143. The van der Waals surface area contributed by atoms with Gasteiger partial charge in [-0.1, -0.05) is 19.8 Å². The van der Waals surface area contributed by atoms with E-state index in [-0.39, 0.29) is 18.1 Å². The van der Waals surface area contributed by atoms with Gasteiger partial charge >= 0.3 is 6.03 Å². The summed E-state index contributed by atoms with van der Waals surface area (Å²) < 4.78 is 1.71. The lowest BCUT2D eigenvalue weighted by Crippen LogP contribution is -2.40. The van der Waals surface area contributed by atoms with Gasteiger partial charge in [0.2, 0.25) is 0 Å². The normalized spacial score (nSPS) is 22.1. The van der Waals surface area contributed by atoms with Crippen LogP contribution in [0, 0.1) is 5.92 Å². The minimum Gasteiger partial charge on any atom is -0.393 e. The van der Waals surface area contributed by atoms with E-state index >= 15 is 0 Å². The molecule has 1 saturated carbocycles. The van der Waals surface area contributed by atoms with E-state index in [1.807, 2.05) is 20.2 Å². The number of hydrogen-bond acceptors (Lipinski definition) is 3. The number of aliphatic hydroxyl groups is 1. The second-order valence-corrected chi connectivity index (χ2v) is 5.94. The number of carbonyl (C=O) groups excluding carboxylic acids is 1. The van der Waals surface area contributed by atoms with Gasteiger partial charge in [0.05, 0.1) is 17.5 Å². The largest absolute Gasteiger partial charge is 0.393 e. The molecule has 2 amide bonds.